The molecule has 1 heterocycles. The number of hydrogen-bond acceptors (Lipinski definition) is 5. The highest BCUT2D eigenvalue weighted by atomic mass is 32.2. The van der Waals surface area contributed by atoms with Gasteiger partial charge in [-0.05, 0) is 54.8 Å². The van der Waals surface area contributed by atoms with Crippen LogP contribution in [0.5, 0.6) is 11.5 Å². The van der Waals surface area contributed by atoms with Crippen molar-refractivity contribution in [3.63, 3.8) is 0 Å². The molecule has 0 bridgehead atoms. The Bertz CT molecular complexity index is 1250. The molecule has 1 aliphatic rings. The van der Waals surface area contributed by atoms with Gasteiger partial charge in [0, 0.05) is 23.1 Å². The first kappa shape index (κ1) is 23.4. The highest BCUT2D eigenvalue weighted by Crippen LogP contribution is 2.39. The minimum Gasteiger partial charge on any atom is -0.497 e. The van der Waals surface area contributed by atoms with Gasteiger partial charge in [-0.15, -0.1) is 0 Å². The van der Waals surface area contributed by atoms with E-state index in [2.05, 4.69) is 10.6 Å². The molecule has 0 aliphatic carbocycles. The van der Waals surface area contributed by atoms with Gasteiger partial charge in [0.2, 0.25) is 0 Å². The standard InChI is InChI=1S/C27H26N2O4S/c1-17-4-6-18(7-5-17)14-25-27(31)29-22-15-20(9-11-24(22)34-25)26(30)28-13-12-19-8-10-21(32-2)16-23(19)33-3/h4-11,14-16H,12-13H2,1-3H3,(H,28,30)(H,29,31). The average Bonchev–Trinajstić information content (AvgIpc) is 2.85. The summed E-state index contributed by atoms with van der Waals surface area (Å²) in [6, 6.07) is 19.0. The van der Waals surface area contributed by atoms with Crippen molar-refractivity contribution in [2.45, 2.75) is 18.2 Å². The van der Waals surface area contributed by atoms with Crippen LogP contribution in [0.4, 0.5) is 5.69 Å². The number of carbonyl (C=O) groups is 2. The van der Waals surface area contributed by atoms with Gasteiger partial charge in [0.15, 0.2) is 0 Å². The van der Waals surface area contributed by atoms with Crippen molar-refractivity contribution in [1.29, 1.82) is 0 Å². The molecule has 0 fully saturated rings. The average molecular weight is 475 g/mol. The van der Waals surface area contributed by atoms with Crippen molar-refractivity contribution in [1.82, 2.24) is 5.32 Å². The zero-order chi connectivity index (χ0) is 24.1. The fourth-order valence-electron chi connectivity index (χ4n) is 3.59. The number of anilines is 1. The summed E-state index contributed by atoms with van der Waals surface area (Å²) in [6.07, 6.45) is 2.49. The molecule has 3 aromatic rings. The van der Waals surface area contributed by atoms with Gasteiger partial charge in [0.1, 0.15) is 11.5 Å². The molecule has 1 aliphatic heterocycles. The number of nitrogens with one attached hydrogen (secondary N) is 2. The third-order valence-electron chi connectivity index (χ3n) is 5.48. The van der Waals surface area contributed by atoms with Crippen LogP contribution < -0.4 is 20.1 Å². The number of benzene rings is 3. The quantitative estimate of drug-likeness (QED) is 0.468. The fourth-order valence-corrected chi connectivity index (χ4v) is 4.52. The van der Waals surface area contributed by atoms with Crippen LogP contribution in [0.3, 0.4) is 0 Å². The highest BCUT2D eigenvalue weighted by Gasteiger charge is 2.22. The van der Waals surface area contributed by atoms with Crippen LogP contribution in [0.25, 0.3) is 6.08 Å². The Kier molecular flexibility index (Phi) is 7.23. The number of amides is 2. The van der Waals surface area contributed by atoms with Crippen LogP contribution in [0, 0.1) is 6.92 Å². The van der Waals surface area contributed by atoms with E-state index in [1.165, 1.54) is 17.3 Å². The Morgan fingerprint density at radius 2 is 1.82 bits per heavy atom. The Morgan fingerprint density at radius 3 is 2.56 bits per heavy atom. The molecule has 0 saturated carbocycles. The third kappa shape index (κ3) is 5.43. The van der Waals surface area contributed by atoms with Crippen molar-refractivity contribution >= 4 is 35.3 Å². The van der Waals surface area contributed by atoms with Crippen LogP contribution in [0.2, 0.25) is 0 Å². The second-order valence-corrected chi connectivity index (χ2v) is 8.95. The normalized spacial score (nSPS) is 13.7. The van der Waals surface area contributed by atoms with Gasteiger partial charge in [0.05, 0.1) is 24.8 Å². The molecule has 0 unspecified atom stereocenters. The summed E-state index contributed by atoms with van der Waals surface area (Å²) in [4.78, 5) is 26.8. The lowest BCUT2D eigenvalue weighted by atomic mass is 10.1. The first-order valence-electron chi connectivity index (χ1n) is 10.9. The number of fused-ring (bicyclic) bond motifs is 1. The molecular weight excluding hydrogens is 448 g/mol. The molecule has 3 aromatic carbocycles. The zero-order valence-corrected chi connectivity index (χ0v) is 20.1. The van der Waals surface area contributed by atoms with E-state index in [1.54, 1.807) is 26.4 Å². The van der Waals surface area contributed by atoms with Crippen LogP contribution in [0.15, 0.2) is 70.5 Å². The summed E-state index contributed by atoms with van der Waals surface area (Å²) >= 11 is 1.40. The Morgan fingerprint density at radius 1 is 1.03 bits per heavy atom. The summed E-state index contributed by atoms with van der Waals surface area (Å²) in [5, 5.41) is 5.84. The van der Waals surface area contributed by atoms with Gasteiger partial charge < -0.3 is 20.1 Å². The Balaban J connectivity index is 1.40. The molecule has 0 aromatic heterocycles. The molecule has 174 valence electrons. The molecule has 7 heteroatoms. The zero-order valence-electron chi connectivity index (χ0n) is 19.3. The van der Waals surface area contributed by atoms with Crippen molar-refractivity contribution in [3.05, 3.63) is 87.8 Å². The number of thioether (sulfide) groups is 1. The van der Waals surface area contributed by atoms with Crippen molar-refractivity contribution < 1.29 is 19.1 Å². The fraction of sp³-hybridized carbons (Fsp3) is 0.185. The molecule has 2 N–H and O–H groups in total. The molecule has 34 heavy (non-hydrogen) atoms. The van der Waals surface area contributed by atoms with Crippen LogP contribution >= 0.6 is 11.8 Å². The summed E-state index contributed by atoms with van der Waals surface area (Å²) in [7, 11) is 3.22. The number of carbonyl (C=O) groups excluding carboxylic acids is 2. The SMILES string of the molecule is COc1ccc(CCNC(=O)c2ccc3c(c2)NC(=O)C(=Cc2ccc(C)cc2)S3)c(OC)c1. The molecule has 0 radical (unpaired) electrons. The number of rotatable bonds is 7. The van der Waals surface area contributed by atoms with Crippen LogP contribution in [0.1, 0.15) is 27.0 Å². The second-order valence-electron chi connectivity index (χ2n) is 7.87. The van der Waals surface area contributed by atoms with E-state index in [0.29, 0.717) is 29.1 Å². The maximum atomic E-state index is 12.7. The molecule has 0 saturated heterocycles. The minimum atomic E-state index is -0.199. The van der Waals surface area contributed by atoms with E-state index < -0.39 is 0 Å². The van der Waals surface area contributed by atoms with E-state index in [4.69, 9.17) is 9.47 Å². The maximum Gasteiger partial charge on any atom is 0.262 e. The first-order chi connectivity index (χ1) is 16.5. The van der Waals surface area contributed by atoms with Crippen molar-refractivity contribution in [3.8, 4) is 11.5 Å². The molecular formula is C27H26N2O4S. The topological polar surface area (TPSA) is 76.7 Å². The number of aryl methyl sites for hydroxylation is 1. The van der Waals surface area contributed by atoms with Crippen molar-refractivity contribution in [2.75, 3.05) is 26.1 Å². The van der Waals surface area contributed by atoms with E-state index in [-0.39, 0.29) is 11.8 Å². The summed E-state index contributed by atoms with van der Waals surface area (Å²) in [5.74, 6) is 1.06. The van der Waals surface area contributed by atoms with Gasteiger partial charge in [-0.3, -0.25) is 9.59 Å². The predicted octanol–water partition coefficient (Wildman–Crippen LogP) is 5.07. The van der Waals surface area contributed by atoms with E-state index >= 15 is 0 Å². The summed E-state index contributed by atoms with van der Waals surface area (Å²) in [5.41, 5.74) is 4.25. The first-order valence-corrected chi connectivity index (χ1v) is 11.7. The third-order valence-corrected chi connectivity index (χ3v) is 6.58. The van der Waals surface area contributed by atoms with Crippen molar-refractivity contribution in [2.24, 2.45) is 0 Å². The molecule has 0 atom stereocenters. The summed E-state index contributed by atoms with van der Waals surface area (Å²) in [6.45, 7) is 2.47. The minimum absolute atomic E-state index is 0.178. The summed E-state index contributed by atoms with van der Waals surface area (Å²) < 4.78 is 10.6. The highest BCUT2D eigenvalue weighted by molar-refractivity contribution is 8.04. The lowest BCUT2D eigenvalue weighted by molar-refractivity contribution is -0.112. The largest absolute Gasteiger partial charge is 0.497 e. The lowest BCUT2D eigenvalue weighted by Crippen LogP contribution is -2.26. The van der Waals surface area contributed by atoms with Gasteiger partial charge in [-0.2, -0.15) is 0 Å². The monoisotopic (exact) mass is 474 g/mol. The maximum absolute atomic E-state index is 12.7. The number of hydrogen-bond donors (Lipinski definition) is 2. The van der Waals surface area contributed by atoms with Crippen LogP contribution in [-0.2, 0) is 11.2 Å². The lowest BCUT2D eigenvalue weighted by Gasteiger charge is -2.19. The second kappa shape index (κ2) is 10.5. The number of methoxy groups -OCH3 is 2. The Labute approximate surface area is 203 Å². The van der Waals surface area contributed by atoms with Gasteiger partial charge >= 0.3 is 0 Å². The smallest absolute Gasteiger partial charge is 0.262 e. The molecule has 4 rings (SSSR count). The van der Waals surface area contributed by atoms with E-state index in [0.717, 1.165) is 27.5 Å². The van der Waals surface area contributed by atoms with E-state index in [9.17, 15) is 9.59 Å². The van der Waals surface area contributed by atoms with Gasteiger partial charge in [-0.25, -0.2) is 0 Å². The van der Waals surface area contributed by atoms with E-state index in [1.807, 2.05) is 61.5 Å². The predicted molar refractivity (Wildman–Crippen MR) is 136 cm³/mol. The molecule has 2 amide bonds. The number of ether oxygens (including phenoxy) is 2. The van der Waals surface area contributed by atoms with Gasteiger partial charge in [-0.1, -0.05) is 47.7 Å². The molecule has 0 spiro atoms. The molecule has 6 nitrogen and oxygen atoms in total. The van der Waals surface area contributed by atoms with Crippen LogP contribution in [-0.4, -0.2) is 32.6 Å². The Hall–Kier alpha value is -3.71. The van der Waals surface area contributed by atoms with Gasteiger partial charge in [0.25, 0.3) is 11.8 Å².